The van der Waals surface area contributed by atoms with Crippen molar-refractivity contribution in [3.63, 3.8) is 0 Å². The Morgan fingerprint density at radius 2 is 1.85 bits per heavy atom. The normalized spacial score (nSPS) is 10.4. The molecule has 0 atom stereocenters. The van der Waals surface area contributed by atoms with E-state index in [1.807, 2.05) is 25.1 Å². The molecule has 5 heteroatoms. The van der Waals surface area contributed by atoms with Crippen molar-refractivity contribution in [1.29, 1.82) is 0 Å². The van der Waals surface area contributed by atoms with Crippen LogP contribution in [0.5, 0.6) is 5.75 Å². The highest BCUT2D eigenvalue weighted by molar-refractivity contribution is 6.35. The average Bonchev–Trinajstić information content (AvgIpc) is 2.41. The van der Waals surface area contributed by atoms with E-state index in [-0.39, 0.29) is 0 Å². The van der Waals surface area contributed by atoms with Gasteiger partial charge in [0.05, 0.1) is 5.02 Å². The predicted molar refractivity (Wildman–Crippen MR) is 86.6 cm³/mol. The highest BCUT2D eigenvalue weighted by Crippen LogP contribution is 2.27. The zero-order valence-corrected chi connectivity index (χ0v) is 13.2. The summed E-state index contributed by atoms with van der Waals surface area (Å²) in [6, 6.07) is 10.9. The SMILES string of the molecule is Cc1c(Cl)cccc1NCCOc1ccc(Cl)cc1Cl. The minimum absolute atomic E-state index is 0.493. The predicted octanol–water partition coefficient (Wildman–Crippen LogP) is 5.45. The number of ether oxygens (including phenoxy) is 1. The second-order valence-corrected chi connectivity index (χ2v) is 5.51. The molecule has 0 saturated heterocycles. The van der Waals surface area contributed by atoms with Crippen LogP contribution in [0.2, 0.25) is 15.1 Å². The van der Waals surface area contributed by atoms with Gasteiger partial charge in [-0.2, -0.15) is 0 Å². The van der Waals surface area contributed by atoms with Gasteiger partial charge in [0.15, 0.2) is 0 Å². The molecule has 0 bridgehead atoms. The summed E-state index contributed by atoms with van der Waals surface area (Å²) in [6.07, 6.45) is 0. The number of hydrogen-bond acceptors (Lipinski definition) is 2. The molecule has 0 aliphatic heterocycles. The monoisotopic (exact) mass is 329 g/mol. The summed E-state index contributed by atoms with van der Waals surface area (Å²) in [4.78, 5) is 0. The van der Waals surface area contributed by atoms with Crippen molar-refractivity contribution in [1.82, 2.24) is 0 Å². The first-order valence-electron chi connectivity index (χ1n) is 6.15. The maximum absolute atomic E-state index is 6.06. The first-order chi connectivity index (χ1) is 9.58. The summed E-state index contributed by atoms with van der Waals surface area (Å²) in [6.45, 7) is 3.12. The van der Waals surface area contributed by atoms with E-state index in [1.54, 1.807) is 18.2 Å². The van der Waals surface area contributed by atoms with Gasteiger partial charge in [0.1, 0.15) is 12.4 Å². The summed E-state index contributed by atoms with van der Waals surface area (Å²) in [7, 11) is 0. The van der Waals surface area contributed by atoms with Gasteiger partial charge in [-0.25, -0.2) is 0 Å². The third-order valence-corrected chi connectivity index (χ3v) is 3.78. The second-order valence-electron chi connectivity index (χ2n) is 4.26. The Bertz CT molecular complexity index is 602. The number of nitrogens with one attached hydrogen (secondary N) is 1. The Labute approximate surface area is 133 Å². The molecule has 0 radical (unpaired) electrons. The van der Waals surface area contributed by atoms with Crippen LogP contribution in [0.3, 0.4) is 0 Å². The Morgan fingerprint density at radius 1 is 1.05 bits per heavy atom. The Hall–Kier alpha value is -1.09. The van der Waals surface area contributed by atoms with Crippen LogP contribution in [0.15, 0.2) is 36.4 Å². The standard InChI is InChI=1S/C15H14Cl3NO/c1-10-12(17)3-2-4-14(10)19-7-8-20-15-6-5-11(16)9-13(15)18/h2-6,9,19H,7-8H2,1H3. The third kappa shape index (κ3) is 3.95. The summed E-state index contributed by atoms with van der Waals surface area (Å²) in [5.41, 5.74) is 2.03. The fourth-order valence-electron chi connectivity index (χ4n) is 1.74. The molecule has 0 aliphatic carbocycles. The van der Waals surface area contributed by atoms with Gasteiger partial charge in [0, 0.05) is 22.3 Å². The average molecular weight is 331 g/mol. The zero-order valence-electron chi connectivity index (χ0n) is 10.9. The van der Waals surface area contributed by atoms with E-state index in [0.717, 1.165) is 16.3 Å². The minimum atomic E-state index is 0.493. The lowest BCUT2D eigenvalue weighted by Crippen LogP contribution is -2.12. The van der Waals surface area contributed by atoms with Crippen molar-refractivity contribution in [3.8, 4) is 5.75 Å². The summed E-state index contributed by atoms with van der Waals surface area (Å²) in [5, 5.41) is 5.13. The van der Waals surface area contributed by atoms with Gasteiger partial charge in [-0.15, -0.1) is 0 Å². The zero-order chi connectivity index (χ0) is 14.5. The molecule has 20 heavy (non-hydrogen) atoms. The second kappa shape index (κ2) is 7.07. The number of hydrogen-bond donors (Lipinski definition) is 1. The van der Waals surface area contributed by atoms with Gasteiger partial charge in [-0.1, -0.05) is 40.9 Å². The van der Waals surface area contributed by atoms with Gasteiger partial charge in [0.25, 0.3) is 0 Å². The molecule has 0 aromatic heterocycles. The molecule has 1 N–H and O–H groups in total. The quantitative estimate of drug-likeness (QED) is 0.736. The maximum atomic E-state index is 6.06. The van der Waals surface area contributed by atoms with Crippen molar-refractivity contribution in [2.75, 3.05) is 18.5 Å². The Morgan fingerprint density at radius 3 is 2.60 bits per heavy atom. The molecular weight excluding hydrogens is 317 g/mol. The van der Waals surface area contributed by atoms with Gasteiger partial charge in [0.2, 0.25) is 0 Å². The van der Waals surface area contributed by atoms with Crippen LogP contribution < -0.4 is 10.1 Å². The molecule has 106 valence electrons. The van der Waals surface area contributed by atoms with E-state index < -0.39 is 0 Å². The number of anilines is 1. The lowest BCUT2D eigenvalue weighted by molar-refractivity contribution is 0.333. The van der Waals surface area contributed by atoms with E-state index in [4.69, 9.17) is 39.5 Å². The Balaban J connectivity index is 1.86. The van der Waals surface area contributed by atoms with Crippen LogP contribution in [0.1, 0.15) is 5.56 Å². The van der Waals surface area contributed by atoms with Crippen molar-refractivity contribution in [3.05, 3.63) is 57.0 Å². The number of rotatable bonds is 5. The fraction of sp³-hybridized carbons (Fsp3) is 0.200. The number of benzene rings is 2. The van der Waals surface area contributed by atoms with Crippen molar-refractivity contribution in [2.24, 2.45) is 0 Å². The molecule has 0 saturated carbocycles. The van der Waals surface area contributed by atoms with Crippen LogP contribution in [0.25, 0.3) is 0 Å². The van der Waals surface area contributed by atoms with E-state index >= 15 is 0 Å². The highest BCUT2D eigenvalue weighted by Gasteiger charge is 2.03. The first kappa shape index (κ1) is 15.3. The smallest absolute Gasteiger partial charge is 0.138 e. The summed E-state index contributed by atoms with van der Waals surface area (Å²) >= 11 is 17.9. The van der Waals surface area contributed by atoms with Crippen LogP contribution >= 0.6 is 34.8 Å². The van der Waals surface area contributed by atoms with Gasteiger partial charge < -0.3 is 10.1 Å². The molecule has 0 amide bonds. The topological polar surface area (TPSA) is 21.3 Å². The van der Waals surface area contributed by atoms with Gasteiger partial charge >= 0.3 is 0 Å². The fourth-order valence-corrected chi connectivity index (χ4v) is 2.38. The molecule has 2 rings (SSSR count). The molecule has 0 unspecified atom stereocenters. The van der Waals surface area contributed by atoms with Crippen LogP contribution in [0.4, 0.5) is 5.69 Å². The van der Waals surface area contributed by atoms with Gasteiger partial charge in [-0.05, 0) is 42.8 Å². The van der Waals surface area contributed by atoms with E-state index in [9.17, 15) is 0 Å². The lowest BCUT2D eigenvalue weighted by atomic mass is 10.2. The molecular formula is C15H14Cl3NO. The van der Waals surface area contributed by atoms with Crippen molar-refractivity contribution in [2.45, 2.75) is 6.92 Å². The summed E-state index contributed by atoms with van der Waals surface area (Å²) < 4.78 is 5.60. The Kier molecular flexibility index (Phi) is 5.41. The van der Waals surface area contributed by atoms with Crippen LogP contribution in [0, 0.1) is 6.92 Å². The van der Waals surface area contributed by atoms with E-state index in [0.29, 0.717) is 28.9 Å². The molecule has 0 fully saturated rings. The largest absolute Gasteiger partial charge is 0.490 e. The summed E-state index contributed by atoms with van der Waals surface area (Å²) in [5.74, 6) is 0.626. The van der Waals surface area contributed by atoms with Crippen molar-refractivity contribution >= 4 is 40.5 Å². The lowest BCUT2D eigenvalue weighted by Gasteiger charge is -2.12. The molecule has 0 spiro atoms. The molecule has 0 aliphatic rings. The van der Waals surface area contributed by atoms with Crippen molar-refractivity contribution < 1.29 is 4.74 Å². The van der Waals surface area contributed by atoms with E-state index in [2.05, 4.69) is 5.32 Å². The molecule has 2 aromatic carbocycles. The van der Waals surface area contributed by atoms with Crippen LogP contribution in [-0.2, 0) is 0 Å². The molecule has 2 aromatic rings. The van der Waals surface area contributed by atoms with E-state index in [1.165, 1.54) is 0 Å². The maximum Gasteiger partial charge on any atom is 0.138 e. The first-order valence-corrected chi connectivity index (χ1v) is 7.28. The molecule has 0 heterocycles. The van der Waals surface area contributed by atoms with Crippen LogP contribution in [-0.4, -0.2) is 13.2 Å². The van der Waals surface area contributed by atoms with Gasteiger partial charge in [-0.3, -0.25) is 0 Å². The third-order valence-electron chi connectivity index (χ3n) is 2.84. The minimum Gasteiger partial charge on any atom is -0.490 e. The molecule has 2 nitrogen and oxygen atoms in total. The highest BCUT2D eigenvalue weighted by atomic mass is 35.5. The number of halogens is 3.